The maximum absolute atomic E-state index is 12.8. The molecule has 22 heavy (non-hydrogen) atoms. The van der Waals surface area contributed by atoms with Crippen molar-refractivity contribution in [2.45, 2.75) is 59.4 Å². The Morgan fingerprint density at radius 3 is 2.82 bits per heavy atom. The molecular weight excluding hydrogens is 290 g/mol. The summed E-state index contributed by atoms with van der Waals surface area (Å²) in [6, 6.07) is 2.31. The molecule has 1 aromatic heterocycles. The molecule has 1 fully saturated rings. The van der Waals surface area contributed by atoms with E-state index in [1.807, 2.05) is 0 Å². The number of thiophene rings is 1. The van der Waals surface area contributed by atoms with E-state index in [0.29, 0.717) is 5.92 Å². The number of nitrogens with one attached hydrogen (secondary N) is 1. The molecule has 0 bridgehead atoms. The van der Waals surface area contributed by atoms with Crippen LogP contribution >= 0.6 is 11.3 Å². The molecule has 3 unspecified atom stereocenters. The smallest absolute Gasteiger partial charge is 0.223 e. The molecule has 0 saturated heterocycles. The van der Waals surface area contributed by atoms with Gasteiger partial charge in [0.25, 0.3) is 0 Å². The van der Waals surface area contributed by atoms with E-state index in [-0.39, 0.29) is 23.3 Å². The first-order chi connectivity index (χ1) is 10.3. The van der Waals surface area contributed by atoms with Gasteiger partial charge in [0, 0.05) is 12.0 Å². The zero-order chi connectivity index (χ0) is 16.3. The molecule has 1 aromatic rings. The van der Waals surface area contributed by atoms with Crippen molar-refractivity contribution in [3.8, 4) is 0 Å². The lowest BCUT2D eigenvalue weighted by molar-refractivity contribution is -0.129. The topological polar surface area (TPSA) is 29.1 Å². The average molecular weight is 320 g/mol. The van der Waals surface area contributed by atoms with Crippen LogP contribution in [0, 0.1) is 17.3 Å². The zero-order valence-corrected chi connectivity index (χ0v) is 15.1. The summed E-state index contributed by atoms with van der Waals surface area (Å²) in [5.74, 6) is 0.621. The van der Waals surface area contributed by atoms with Crippen molar-refractivity contribution in [2.24, 2.45) is 17.3 Å². The van der Waals surface area contributed by atoms with E-state index in [1.165, 1.54) is 12.0 Å². The first kappa shape index (κ1) is 17.3. The van der Waals surface area contributed by atoms with Crippen LogP contribution in [-0.2, 0) is 11.2 Å². The summed E-state index contributed by atoms with van der Waals surface area (Å²) >= 11 is 1.71. The lowest BCUT2D eigenvalue weighted by Gasteiger charge is -2.40. The molecule has 122 valence electrons. The Kier molecular flexibility index (Phi) is 5.49. The maximum atomic E-state index is 12.8. The predicted octanol–water partition coefficient (Wildman–Crippen LogP) is 4.81. The number of hydrogen-bond acceptors (Lipinski definition) is 2. The second-order valence-electron chi connectivity index (χ2n) is 7.71. The summed E-state index contributed by atoms with van der Waals surface area (Å²) in [7, 11) is 0. The highest BCUT2D eigenvalue weighted by Crippen LogP contribution is 2.44. The quantitative estimate of drug-likeness (QED) is 0.775. The van der Waals surface area contributed by atoms with Crippen LogP contribution in [0.3, 0.4) is 0 Å². The van der Waals surface area contributed by atoms with Gasteiger partial charge in [0.15, 0.2) is 0 Å². The van der Waals surface area contributed by atoms with Crippen LogP contribution in [0.1, 0.15) is 52.5 Å². The van der Waals surface area contributed by atoms with Gasteiger partial charge in [0.1, 0.15) is 0 Å². The summed E-state index contributed by atoms with van der Waals surface area (Å²) in [5, 5.41) is 7.48. The minimum Gasteiger partial charge on any atom is -0.353 e. The fourth-order valence-corrected chi connectivity index (χ4v) is 4.30. The van der Waals surface area contributed by atoms with Gasteiger partial charge in [-0.2, -0.15) is 11.3 Å². The van der Waals surface area contributed by atoms with Gasteiger partial charge < -0.3 is 5.32 Å². The second-order valence-corrected chi connectivity index (χ2v) is 8.49. The molecule has 0 radical (unpaired) electrons. The largest absolute Gasteiger partial charge is 0.353 e. The average Bonchev–Trinajstić information content (AvgIpc) is 2.89. The molecule has 0 aromatic carbocycles. The molecule has 2 nitrogen and oxygen atoms in total. The van der Waals surface area contributed by atoms with Crippen molar-refractivity contribution in [1.82, 2.24) is 5.32 Å². The molecule has 3 atom stereocenters. The van der Waals surface area contributed by atoms with Gasteiger partial charge in [0.2, 0.25) is 5.91 Å². The Balaban J connectivity index is 2.00. The van der Waals surface area contributed by atoms with Crippen LogP contribution in [0.15, 0.2) is 29.0 Å². The summed E-state index contributed by atoms with van der Waals surface area (Å²) in [6.07, 6.45) is 4.13. The fourth-order valence-electron chi connectivity index (χ4n) is 3.62. The van der Waals surface area contributed by atoms with Crippen LogP contribution in [0.5, 0.6) is 0 Å². The Labute approximate surface area is 139 Å². The SMILES string of the molecule is C=C(C)C1CCC(C)(C)CC1C(=O)NC(C)Cc1ccsc1. The first-order valence-electron chi connectivity index (χ1n) is 8.25. The summed E-state index contributed by atoms with van der Waals surface area (Å²) in [6.45, 7) is 12.8. The van der Waals surface area contributed by atoms with Crippen molar-refractivity contribution >= 4 is 17.2 Å². The van der Waals surface area contributed by atoms with E-state index in [1.54, 1.807) is 11.3 Å². The van der Waals surface area contributed by atoms with Gasteiger partial charge in [-0.3, -0.25) is 4.79 Å². The molecule has 1 amide bonds. The van der Waals surface area contributed by atoms with E-state index >= 15 is 0 Å². The minimum absolute atomic E-state index is 0.0752. The molecule has 1 aliphatic carbocycles. The highest BCUT2D eigenvalue weighted by molar-refractivity contribution is 7.07. The van der Waals surface area contributed by atoms with Crippen LogP contribution in [0.4, 0.5) is 0 Å². The van der Waals surface area contributed by atoms with E-state index in [4.69, 9.17) is 0 Å². The number of amides is 1. The third kappa shape index (κ3) is 4.45. The summed E-state index contributed by atoms with van der Waals surface area (Å²) in [5.41, 5.74) is 2.71. The van der Waals surface area contributed by atoms with Gasteiger partial charge >= 0.3 is 0 Å². The third-order valence-electron chi connectivity index (χ3n) is 4.87. The molecular formula is C19H29NOS. The molecule has 1 aliphatic rings. The van der Waals surface area contributed by atoms with Crippen molar-refractivity contribution in [3.05, 3.63) is 34.5 Å². The van der Waals surface area contributed by atoms with Crippen molar-refractivity contribution in [2.75, 3.05) is 0 Å². The number of carbonyl (C=O) groups is 1. The van der Waals surface area contributed by atoms with Crippen molar-refractivity contribution < 1.29 is 4.79 Å². The van der Waals surface area contributed by atoms with Crippen LogP contribution in [0.2, 0.25) is 0 Å². The summed E-state index contributed by atoms with van der Waals surface area (Å²) < 4.78 is 0. The number of carbonyl (C=O) groups excluding carboxylic acids is 1. The second kappa shape index (κ2) is 6.99. The molecule has 0 aliphatic heterocycles. The van der Waals surface area contributed by atoms with Gasteiger partial charge in [-0.15, -0.1) is 0 Å². The van der Waals surface area contributed by atoms with Gasteiger partial charge in [-0.25, -0.2) is 0 Å². The summed E-state index contributed by atoms with van der Waals surface area (Å²) in [4.78, 5) is 12.8. The number of rotatable bonds is 5. The Morgan fingerprint density at radius 2 is 2.23 bits per heavy atom. The normalized spacial score (nSPS) is 25.5. The maximum Gasteiger partial charge on any atom is 0.223 e. The van der Waals surface area contributed by atoms with Crippen molar-refractivity contribution in [3.63, 3.8) is 0 Å². The third-order valence-corrected chi connectivity index (χ3v) is 5.60. The van der Waals surface area contributed by atoms with E-state index in [0.717, 1.165) is 24.8 Å². The standard InChI is InChI=1S/C19H29NOS/c1-13(2)16-6-8-19(4,5)11-17(16)18(21)20-14(3)10-15-7-9-22-12-15/h7,9,12,14,16-17H,1,6,8,10-11H2,2-5H3,(H,20,21). The predicted molar refractivity (Wildman–Crippen MR) is 95.1 cm³/mol. The molecule has 1 N–H and O–H groups in total. The Hall–Kier alpha value is -1.09. The Bertz CT molecular complexity index is 518. The molecule has 3 heteroatoms. The molecule has 0 spiro atoms. The Morgan fingerprint density at radius 1 is 1.50 bits per heavy atom. The van der Waals surface area contributed by atoms with Crippen LogP contribution in [-0.4, -0.2) is 11.9 Å². The van der Waals surface area contributed by atoms with Crippen LogP contribution in [0.25, 0.3) is 0 Å². The monoisotopic (exact) mass is 319 g/mol. The number of hydrogen-bond donors (Lipinski definition) is 1. The molecule has 1 heterocycles. The van der Waals surface area contributed by atoms with E-state index in [2.05, 4.69) is 56.4 Å². The fraction of sp³-hybridized carbons (Fsp3) is 0.632. The highest BCUT2D eigenvalue weighted by Gasteiger charge is 2.39. The number of allylic oxidation sites excluding steroid dienone is 1. The van der Waals surface area contributed by atoms with E-state index in [9.17, 15) is 4.79 Å². The zero-order valence-electron chi connectivity index (χ0n) is 14.3. The van der Waals surface area contributed by atoms with Gasteiger partial charge in [-0.1, -0.05) is 26.0 Å². The highest BCUT2D eigenvalue weighted by atomic mass is 32.1. The van der Waals surface area contributed by atoms with Gasteiger partial charge in [-0.05, 0) is 73.3 Å². The minimum atomic E-state index is 0.0752. The first-order valence-corrected chi connectivity index (χ1v) is 9.19. The van der Waals surface area contributed by atoms with Gasteiger partial charge in [0.05, 0.1) is 0 Å². The van der Waals surface area contributed by atoms with Crippen LogP contribution < -0.4 is 5.32 Å². The van der Waals surface area contributed by atoms with Crippen molar-refractivity contribution in [1.29, 1.82) is 0 Å². The molecule has 1 saturated carbocycles. The molecule has 2 rings (SSSR count). The van der Waals surface area contributed by atoms with E-state index < -0.39 is 0 Å². The lowest BCUT2D eigenvalue weighted by atomic mass is 9.65. The lowest BCUT2D eigenvalue weighted by Crippen LogP contribution is -2.44.